The van der Waals surface area contributed by atoms with Gasteiger partial charge < -0.3 is 14.5 Å². The van der Waals surface area contributed by atoms with E-state index in [0.717, 1.165) is 27.0 Å². The van der Waals surface area contributed by atoms with E-state index in [9.17, 15) is 17.6 Å². The Morgan fingerprint density at radius 1 is 1.40 bits per heavy atom. The van der Waals surface area contributed by atoms with Gasteiger partial charge in [-0.2, -0.15) is 0 Å². The number of aliphatic imine (C=N–C) groups is 1. The minimum atomic E-state index is -3.79. The highest BCUT2D eigenvalue weighted by Gasteiger charge is 2.27. The van der Waals surface area contributed by atoms with Gasteiger partial charge in [-0.05, 0) is 23.6 Å². The van der Waals surface area contributed by atoms with Crippen molar-refractivity contribution >= 4 is 61.0 Å². The zero-order chi connectivity index (χ0) is 21.3. The van der Waals surface area contributed by atoms with Crippen molar-refractivity contribution in [3.05, 3.63) is 41.4 Å². The van der Waals surface area contributed by atoms with Crippen LogP contribution in [0, 0.1) is 0 Å². The number of hydrogen-bond acceptors (Lipinski definition) is 7. The van der Waals surface area contributed by atoms with E-state index in [1.807, 2.05) is 6.07 Å². The number of fused-ring (bicyclic) bond motifs is 1. The number of nitrogens with one attached hydrogen (secondary N) is 1. The third-order valence-corrected chi connectivity index (χ3v) is 9.05. The number of halogens is 1. The zero-order valence-corrected chi connectivity index (χ0v) is 18.3. The molecule has 2 aromatic heterocycles. The topological polar surface area (TPSA) is 91.8 Å². The van der Waals surface area contributed by atoms with Crippen LogP contribution in [0.3, 0.4) is 0 Å². The molecule has 1 N–H and O–H groups in total. The van der Waals surface area contributed by atoms with Crippen molar-refractivity contribution in [2.45, 2.75) is 15.9 Å². The van der Waals surface area contributed by atoms with E-state index in [-0.39, 0.29) is 15.2 Å². The Labute approximate surface area is 181 Å². The first kappa shape index (κ1) is 20.9. The first-order valence-corrected chi connectivity index (χ1v) is 12.2. The largest absolute Gasteiger partial charge is 0.463 e. The van der Waals surface area contributed by atoms with Gasteiger partial charge in [-0.1, -0.05) is 17.8 Å². The lowest BCUT2D eigenvalue weighted by Crippen LogP contribution is -2.26. The maximum Gasteiger partial charge on any atom is 0.273 e. The summed E-state index contributed by atoms with van der Waals surface area (Å²) in [6, 6.07) is 8.16. The molecule has 1 aliphatic heterocycles. The molecule has 7 nitrogen and oxygen atoms in total. The Hall–Kier alpha value is -2.37. The number of carbonyl (C=O) groups is 1. The summed E-state index contributed by atoms with van der Waals surface area (Å²) in [4.78, 5) is 18.5. The van der Waals surface area contributed by atoms with Crippen LogP contribution in [0.2, 0.25) is 0 Å². The van der Waals surface area contributed by atoms with Crippen LogP contribution in [0.5, 0.6) is 5.75 Å². The van der Waals surface area contributed by atoms with Gasteiger partial charge in [0.05, 0.1) is 23.4 Å². The van der Waals surface area contributed by atoms with E-state index in [4.69, 9.17) is 4.74 Å². The van der Waals surface area contributed by atoms with Crippen molar-refractivity contribution < 1.29 is 22.3 Å². The van der Waals surface area contributed by atoms with Crippen LogP contribution in [0.4, 0.5) is 10.1 Å². The SMILES string of the molecule is CN(c1cc(OCF)cc2cc(C3=NCC(CC=O)S3)[nH]c12)S(=O)(=O)c1cccs1. The molecule has 0 bridgehead atoms. The molecule has 158 valence electrons. The van der Waals surface area contributed by atoms with Crippen LogP contribution < -0.4 is 9.04 Å². The third-order valence-electron chi connectivity index (χ3n) is 4.66. The predicted octanol–water partition coefficient (Wildman–Crippen LogP) is 3.81. The van der Waals surface area contributed by atoms with Crippen LogP contribution in [0.1, 0.15) is 12.1 Å². The number of aromatic amines is 1. The number of anilines is 1. The summed E-state index contributed by atoms with van der Waals surface area (Å²) in [6.07, 6.45) is 1.30. The molecule has 0 saturated heterocycles. The number of aldehydes is 1. The fraction of sp³-hybridized carbons (Fsp3) is 0.263. The highest BCUT2D eigenvalue weighted by Crippen LogP contribution is 2.37. The number of aromatic nitrogens is 1. The Bertz CT molecular complexity index is 1210. The lowest BCUT2D eigenvalue weighted by atomic mass is 10.2. The Morgan fingerprint density at radius 2 is 2.23 bits per heavy atom. The summed E-state index contributed by atoms with van der Waals surface area (Å²) in [6.45, 7) is -0.483. The summed E-state index contributed by atoms with van der Waals surface area (Å²) in [5, 5.41) is 3.20. The second kappa shape index (κ2) is 8.40. The Morgan fingerprint density at radius 3 is 2.93 bits per heavy atom. The minimum absolute atomic E-state index is 0.0932. The molecule has 3 heterocycles. The van der Waals surface area contributed by atoms with E-state index in [1.165, 1.54) is 30.9 Å². The van der Waals surface area contributed by atoms with E-state index in [1.54, 1.807) is 17.5 Å². The number of ether oxygens (including phenoxy) is 1. The molecular weight excluding hydrogens is 449 g/mol. The number of carbonyl (C=O) groups excluding carboxylic acids is 1. The zero-order valence-electron chi connectivity index (χ0n) is 15.9. The number of hydrogen-bond donors (Lipinski definition) is 1. The molecule has 0 spiro atoms. The average molecular weight is 468 g/mol. The van der Waals surface area contributed by atoms with Crippen molar-refractivity contribution in [2.75, 3.05) is 24.8 Å². The van der Waals surface area contributed by atoms with Gasteiger partial charge in [-0.3, -0.25) is 9.30 Å². The molecule has 1 unspecified atom stereocenters. The summed E-state index contributed by atoms with van der Waals surface area (Å²) >= 11 is 2.62. The van der Waals surface area contributed by atoms with Gasteiger partial charge in [0.25, 0.3) is 10.0 Å². The number of sulfonamides is 1. The fourth-order valence-electron chi connectivity index (χ4n) is 3.18. The molecule has 0 saturated carbocycles. The number of thioether (sulfide) groups is 1. The van der Waals surface area contributed by atoms with Crippen molar-refractivity contribution in [1.29, 1.82) is 0 Å². The molecule has 4 rings (SSSR count). The van der Waals surface area contributed by atoms with Crippen LogP contribution in [0.15, 0.2) is 44.9 Å². The number of thiophene rings is 1. The molecule has 3 aromatic rings. The Balaban J connectivity index is 1.78. The molecule has 0 fully saturated rings. The number of rotatable bonds is 8. The fourth-order valence-corrected chi connectivity index (χ4v) is 6.56. The lowest BCUT2D eigenvalue weighted by molar-refractivity contribution is -0.107. The second-order valence-corrected chi connectivity index (χ2v) is 11.0. The highest BCUT2D eigenvalue weighted by atomic mass is 32.2. The monoisotopic (exact) mass is 467 g/mol. The molecule has 1 aromatic carbocycles. The van der Waals surface area contributed by atoms with Crippen LogP contribution in [0.25, 0.3) is 10.9 Å². The van der Waals surface area contributed by atoms with Crippen molar-refractivity contribution in [3.63, 3.8) is 0 Å². The van der Waals surface area contributed by atoms with Crippen LogP contribution >= 0.6 is 23.1 Å². The number of benzene rings is 1. The maximum absolute atomic E-state index is 13.0. The summed E-state index contributed by atoms with van der Waals surface area (Å²) in [5.41, 5.74) is 1.62. The Kier molecular flexibility index (Phi) is 5.85. The van der Waals surface area contributed by atoms with Crippen molar-refractivity contribution in [3.8, 4) is 5.75 Å². The predicted molar refractivity (Wildman–Crippen MR) is 118 cm³/mol. The van der Waals surface area contributed by atoms with E-state index in [2.05, 4.69) is 9.98 Å². The second-order valence-electron chi connectivity index (χ2n) is 6.54. The molecule has 0 amide bonds. The van der Waals surface area contributed by atoms with Gasteiger partial charge in [0.2, 0.25) is 6.86 Å². The summed E-state index contributed by atoms with van der Waals surface area (Å²) in [5.74, 6) is 0.221. The van der Waals surface area contributed by atoms with Gasteiger partial charge in [0.1, 0.15) is 21.3 Å². The van der Waals surface area contributed by atoms with Gasteiger partial charge in [-0.25, -0.2) is 12.8 Å². The number of alkyl halides is 1. The molecule has 1 atom stereocenters. The van der Waals surface area contributed by atoms with Crippen LogP contribution in [-0.2, 0) is 14.8 Å². The molecular formula is C19H18FN3O4S3. The molecule has 11 heteroatoms. The summed E-state index contributed by atoms with van der Waals surface area (Å²) < 4.78 is 45.3. The van der Waals surface area contributed by atoms with Crippen molar-refractivity contribution in [1.82, 2.24) is 4.98 Å². The van der Waals surface area contributed by atoms with E-state index < -0.39 is 16.9 Å². The highest BCUT2D eigenvalue weighted by molar-refractivity contribution is 8.15. The first-order valence-electron chi connectivity index (χ1n) is 8.97. The lowest BCUT2D eigenvalue weighted by Gasteiger charge is -2.20. The smallest absolute Gasteiger partial charge is 0.273 e. The summed E-state index contributed by atoms with van der Waals surface area (Å²) in [7, 11) is -2.34. The van der Waals surface area contributed by atoms with E-state index in [0.29, 0.717) is 35.2 Å². The number of nitrogens with zero attached hydrogens (tertiary/aromatic N) is 2. The quantitative estimate of drug-likeness (QED) is 0.509. The van der Waals surface area contributed by atoms with Crippen LogP contribution in [-0.4, -0.2) is 50.4 Å². The first-order chi connectivity index (χ1) is 14.4. The van der Waals surface area contributed by atoms with Crippen molar-refractivity contribution in [2.24, 2.45) is 4.99 Å². The van der Waals surface area contributed by atoms with E-state index >= 15 is 0 Å². The third kappa shape index (κ3) is 3.84. The van der Waals surface area contributed by atoms with Gasteiger partial charge in [-0.15, -0.1) is 11.3 Å². The molecule has 0 aliphatic carbocycles. The number of H-pyrrole nitrogens is 1. The minimum Gasteiger partial charge on any atom is -0.463 e. The molecule has 1 aliphatic rings. The average Bonchev–Trinajstić information content (AvgIpc) is 3.47. The maximum atomic E-state index is 13.0. The van der Waals surface area contributed by atoms with Gasteiger partial charge >= 0.3 is 0 Å². The molecule has 0 radical (unpaired) electrons. The van der Waals surface area contributed by atoms with Gasteiger partial charge in [0, 0.05) is 30.2 Å². The molecule has 30 heavy (non-hydrogen) atoms. The normalized spacial score (nSPS) is 16.6. The van der Waals surface area contributed by atoms with Gasteiger partial charge in [0.15, 0.2) is 0 Å². The standard InChI is InChI=1S/C19H18FN3O4S3/c1-23(30(25,26)17-3-2-6-28-17)16-9-13(27-11-20)7-12-8-15(22-18(12)16)19-21-10-14(29-19)4-5-24/h2-3,5-9,14,22H,4,10-11H2,1H3.